The zero-order valence-corrected chi connectivity index (χ0v) is 12.9. The molecule has 0 radical (unpaired) electrons. The largest absolute Gasteiger partial charge is 0.478 e. The number of carboxylic acid groups (broad SMARTS) is 1. The number of carbonyl (C=O) groups is 2. The summed E-state index contributed by atoms with van der Waals surface area (Å²) < 4.78 is 0. The van der Waals surface area contributed by atoms with E-state index in [2.05, 4.69) is 6.92 Å². The monoisotopic (exact) mass is 282 g/mol. The fourth-order valence-electron chi connectivity index (χ4n) is 2.25. The molecule has 0 aliphatic rings. The highest BCUT2D eigenvalue weighted by molar-refractivity contribution is 6.06. The molecule has 0 rings (SSSR count). The summed E-state index contributed by atoms with van der Waals surface area (Å²) >= 11 is 0. The Morgan fingerprint density at radius 3 is 1.70 bits per heavy atom. The maximum absolute atomic E-state index is 10.6. The van der Waals surface area contributed by atoms with Crippen molar-refractivity contribution in [1.29, 1.82) is 0 Å². The first-order valence-electron chi connectivity index (χ1n) is 8.11. The molecule has 1 N–H and O–H groups in total. The zero-order chi connectivity index (χ0) is 15.1. The minimum atomic E-state index is -1.12. The fourth-order valence-corrected chi connectivity index (χ4v) is 2.25. The third-order valence-corrected chi connectivity index (χ3v) is 3.55. The second-order valence-electron chi connectivity index (χ2n) is 5.41. The lowest BCUT2D eigenvalue weighted by Gasteiger charge is -2.01. The molecule has 116 valence electrons. The summed E-state index contributed by atoms with van der Waals surface area (Å²) in [6, 6.07) is 0. The van der Waals surface area contributed by atoms with Gasteiger partial charge in [-0.15, -0.1) is 0 Å². The van der Waals surface area contributed by atoms with Crippen molar-refractivity contribution in [2.45, 2.75) is 84.0 Å². The third kappa shape index (κ3) is 11.9. The number of unbranched alkanes of at least 4 members (excludes halogenated alkanes) is 11. The number of hydrogen-bond acceptors (Lipinski definition) is 2. The van der Waals surface area contributed by atoms with Gasteiger partial charge in [0.05, 0.1) is 5.57 Å². The lowest BCUT2D eigenvalue weighted by atomic mass is 10.0. The van der Waals surface area contributed by atoms with E-state index in [0.717, 1.165) is 12.8 Å². The van der Waals surface area contributed by atoms with E-state index in [0.29, 0.717) is 12.7 Å². The molecule has 0 saturated carbocycles. The maximum atomic E-state index is 10.6. The van der Waals surface area contributed by atoms with Gasteiger partial charge in [0.25, 0.3) is 0 Å². The van der Waals surface area contributed by atoms with Crippen LogP contribution in [0.15, 0.2) is 11.6 Å². The molecule has 0 aliphatic heterocycles. The highest BCUT2D eigenvalue weighted by Crippen LogP contribution is 2.12. The molecule has 0 heterocycles. The van der Waals surface area contributed by atoms with Gasteiger partial charge in [-0.2, -0.15) is 0 Å². The van der Waals surface area contributed by atoms with Crippen LogP contribution in [-0.2, 0) is 9.59 Å². The Kier molecular flexibility index (Phi) is 13.5. The molecule has 0 aromatic rings. The summed E-state index contributed by atoms with van der Waals surface area (Å²) in [5.74, 6) is -1.12. The molecule has 0 atom stereocenters. The Bertz CT molecular complexity index is 282. The van der Waals surface area contributed by atoms with E-state index in [1.54, 1.807) is 0 Å². The van der Waals surface area contributed by atoms with Crippen molar-refractivity contribution in [1.82, 2.24) is 0 Å². The fraction of sp³-hybridized carbons (Fsp3) is 0.765. The highest BCUT2D eigenvalue weighted by Gasteiger charge is 2.03. The molecule has 0 aromatic heterocycles. The van der Waals surface area contributed by atoms with Crippen LogP contribution < -0.4 is 0 Å². The van der Waals surface area contributed by atoms with Gasteiger partial charge in [0.15, 0.2) is 6.29 Å². The second kappa shape index (κ2) is 14.3. The van der Waals surface area contributed by atoms with Crippen molar-refractivity contribution in [3.8, 4) is 0 Å². The normalized spacial score (nSPS) is 11.6. The van der Waals surface area contributed by atoms with Crippen LogP contribution in [-0.4, -0.2) is 17.4 Å². The van der Waals surface area contributed by atoms with Crippen molar-refractivity contribution >= 4 is 12.3 Å². The van der Waals surface area contributed by atoms with Crippen molar-refractivity contribution in [2.75, 3.05) is 0 Å². The smallest absolute Gasteiger partial charge is 0.338 e. The van der Waals surface area contributed by atoms with Crippen molar-refractivity contribution in [2.24, 2.45) is 0 Å². The number of carboxylic acids is 1. The number of hydrogen-bond donors (Lipinski definition) is 1. The van der Waals surface area contributed by atoms with E-state index in [4.69, 9.17) is 5.11 Å². The number of rotatable bonds is 14. The topological polar surface area (TPSA) is 54.4 Å². The van der Waals surface area contributed by atoms with Crippen molar-refractivity contribution in [3.63, 3.8) is 0 Å². The zero-order valence-electron chi connectivity index (χ0n) is 12.9. The SMILES string of the molecule is CCCCCCCCCCCCCC=C(C=O)C(=O)O. The molecule has 20 heavy (non-hydrogen) atoms. The first-order valence-corrected chi connectivity index (χ1v) is 8.11. The minimum Gasteiger partial charge on any atom is -0.478 e. The van der Waals surface area contributed by atoms with Gasteiger partial charge in [-0.1, -0.05) is 77.2 Å². The van der Waals surface area contributed by atoms with Gasteiger partial charge in [0, 0.05) is 0 Å². The van der Waals surface area contributed by atoms with Crippen LogP contribution in [0.1, 0.15) is 84.0 Å². The molecule has 0 saturated heterocycles. The van der Waals surface area contributed by atoms with E-state index < -0.39 is 5.97 Å². The van der Waals surface area contributed by atoms with Gasteiger partial charge in [-0.25, -0.2) is 4.79 Å². The van der Waals surface area contributed by atoms with E-state index in [-0.39, 0.29) is 5.57 Å². The summed E-state index contributed by atoms with van der Waals surface area (Å²) in [6.07, 6.45) is 16.7. The van der Waals surface area contributed by atoms with Gasteiger partial charge in [0.2, 0.25) is 0 Å². The van der Waals surface area contributed by atoms with Crippen molar-refractivity contribution < 1.29 is 14.7 Å². The second-order valence-corrected chi connectivity index (χ2v) is 5.41. The van der Waals surface area contributed by atoms with E-state index in [1.807, 2.05) is 0 Å². The molecule has 0 spiro atoms. The van der Waals surface area contributed by atoms with E-state index in [1.165, 1.54) is 63.9 Å². The van der Waals surface area contributed by atoms with E-state index in [9.17, 15) is 9.59 Å². The first-order chi connectivity index (χ1) is 9.72. The molecule has 0 aliphatic carbocycles. The lowest BCUT2D eigenvalue weighted by molar-refractivity contribution is -0.133. The molecule has 0 amide bonds. The van der Waals surface area contributed by atoms with Crippen LogP contribution in [0.25, 0.3) is 0 Å². The molecule has 0 unspecified atom stereocenters. The Hall–Kier alpha value is -1.12. The molecule has 0 aromatic carbocycles. The summed E-state index contributed by atoms with van der Waals surface area (Å²) in [6.45, 7) is 2.24. The minimum absolute atomic E-state index is 0.114. The first kappa shape index (κ1) is 18.9. The predicted molar refractivity (Wildman–Crippen MR) is 82.9 cm³/mol. The van der Waals surface area contributed by atoms with Crippen LogP contribution in [0.2, 0.25) is 0 Å². The number of aliphatic carboxylic acids is 1. The molecule has 3 nitrogen and oxygen atoms in total. The summed E-state index contributed by atoms with van der Waals surface area (Å²) in [5.41, 5.74) is -0.114. The van der Waals surface area contributed by atoms with Crippen LogP contribution in [0.3, 0.4) is 0 Å². The third-order valence-electron chi connectivity index (χ3n) is 3.55. The van der Waals surface area contributed by atoms with Gasteiger partial charge in [0.1, 0.15) is 0 Å². The van der Waals surface area contributed by atoms with E-state index >= 15 is 0 Å². The van der Waals surface area contributed by atoms with Crippen LogP contribution in [0.4, 0.5) is 0 Å². The van der Waals surface area contributed by atoms with Gasteiger partial charge >= 0.3 is 5.97 Å². The Labute approximate surface area is 123 Å². The standard InChI is InChI=1S/C17H30O3/c1-2-3-4-5-6-7-8-9-10-11-12-13-14-16(15-18)17(19)20/h14-15H,2-13H2,1H3,(H,19,20). The number of aldehydes is 1. The Balaban J connectivity index is 3.28. The average molecular weight is 282 g/mol. The highest BCUT2D eigenvalue weighted by atomic mass is 16.4. The lowest BCUT2D eigenvalue weighted by Crippen LogP contribution is -2.01. The average Bonchev–Trinajstić information content (AvgIpc) is 2.43. The summed E-state index contributed by atoms with van der Waals surface area (Å²) in [7, 11) is 0. The number of allylic oxidation sites excluding steroid dienone is 1. The molecule has 0 fully saturated rings. The van der Waals surface area contributed by atoms with Crippen LogP contribution in [0.5, 0.6) is 0 Å². The maximum Gasteiger partial charge on any atom is 0.338 e. The molecule has 3 heteroatoms. The summed E-state index contributed by atoms with van der Waals surface area (Å²) in [4.78, 5) is 21.0. The Morgan fingerprint density at radius 2 is 1.30 bits per heavy atom. The van der Waals surface area contributed by atoms with Crippen LogP contribution >= 0.6 is 0 Å². The van der Waals surface area contributed by atoms with Crippen molar-refractivity contribution in [3.05, 3.63) is 11.6 Å². The van der Waals surface area contributed by atoms with Gasteiger partial charge in [-0.05, 0) is 12.8 Å². The summed E-state index contributed by atoms with van der Waals surface area (Å²) in [5, 5.41) is 8.65. The number of carbonyl (C=O) groups excluding carboxylic acids is 1. The molecular formula is C17H30O3. The predicted octanol–water partition coefficient (Wildman–Crippen LogP) is 4.90. The van der Waals surface area contributed by atoms with Gasteiger partial charge < -0.3 is 5.11 Å². The van der Waals surface area contributed by atoms with Gasteiger partial charge in [-0.3, -0.25) is 4.79 Å². The molecule has 0 bridgehead atoms. The Morgan fingerprint density at radius 1 is 0.850 bits per heavy atom. The molecular weight excluding hydrogens is 252 g/mol. The quantitative estimate of drug-likeness (QED) is 0.162. The van der Waals surface area contributed by atoms with Crippen LogP contribution in [0, 0.1) is 0 Å².